The topological polar surface area (TPSA) is 266 Å². The number of hydrogen-bond acceptors (Lipinski definition) is 8. The summed E-state index contributed by atoms with van der Waals surface area (Å²) in [5.41, 5.74) is 0. The molecule has 0 saturated carbocycles. The fourth-order valence-electron chi connectivity index (χ4n) is 3.20. The van der Waals surface area contributed by atoms with Gasteiger partial charge >= 0.3 is 23.9 Å². The van der Waals surface area contributed by atoms with Crippen molar-refractivity contribution >= 4 is 47.5 Å². The van der Waals surface area contributed by atoms with E-state index in [4.69, 9.17) is 20.4 Å². The molecular formula is C20H28CeN4O12. The Morgan fingerprint density at radius 3 is 0.676 bits per heavy atom. The number of amides is 4. The molecule has 8 N–H and O–H groups in total. The summed E-state index contributed by atoms with van der Waals surface area (Å²) in [4.78, 5) is 82.1. The van der Waals surface area contributed by atoms with Crippen LogP contribution in [0.1, 0.15) is 51.4 Å². The third kappa shape index (κ3) is 13.3. The van der Waals surface area contributed by atoms with E-state index in [2.05, 4.69) is 21.3 Å². The molecular weight excluding hydrogens is 628 g/mol. The number of nitrogens with one attached hydrogen (secondary N) is 4. The molecule has 16 nitrogen and oxygen atoms in total. The van der Waals surface area contributed by atoms with Gasteiger partial charge in [0, 0.05) is 67.4 Å². The van der Waals surface area contributed by atoms with E-state index in [-0.39, 0.29) is 65.4 Å². The molecule has 4 rings (SSSR count). The molecule has 0 aromatic rings. The van der Waals surface area contributed by atoms with Gasteiger partial charge in [0.2, 0.25) is 23.6 Å². The standard InChI is InChI=1S/4C5H7NO3.Ce/c4*7-4-2-1-3(6-4)5(8)9;/h4*3H,1-2H2,(H,6,7)(H,8,9);/t4*3-;/m0000./s1. The average molecular weight is 657 g/mol. The Kier molecular flexibility index (Phi) is 15.5. The molecule has 4 aliphatic rings. The second-order valence-electron chi connectivity index (χ2n) is 7.99. The summed E-state index contributed by atoms with van der Waals surface area (Å²) in [6.45, 7) is 0. The van der Waals surface area contributed by atoms with E-state index in [1.807, 2.05) is 0 Å². The van der Waals surface area contributed by atoms with Crippen LogP contribution in [0.2, 0.25) is 0 Å². The van der Waals surface area contributed by atoms with Crippen LogP contribution in [0.15, 0.2) is 0 Å². The maximum absolute atomic E-state index is 10.4. The maximum Gasteiger partial charge on any atom is 0.326 e. The van der Waals surface area contributed by atoms with Gasteiger partial charge in [0.05, 0.1) is 0 Å². The Balaban J connectivity index is 0.000000463. The Hall–Kier alpha value is -2.86. The monoisotopic (exact) mass is 656 g/mol. The van der Waals surface area contributed by atoms with Crippen LogP contribution >= 0.6 is 0 Å². The number of hydrogen-bond donors (Lipinski definition) is 8. The molecule has 4 heterocycles. The first-order valence-electron chi connectivity index (χ1n) is 10.9. The maximum atomic E-state index is 10.4. The van der Waals surface area contributed by atoms with Gasteiger partial charge in [-0.3, -0.25) is 19.2 Å². The van der Waals surface area contributed by atoms with Gasteiger partial charge in [0.1, 0.15) is 24.2 Å². The zero-order valence-corrected chi connectivity index (χ0v) is 22.7. The summed E-state index contributed by atoms with van der Waals surface area (Å²) in [7, 11) is 0. The van der Waals surface area contributed by atoms with E-state index >= 15 is 0 Å². The Labute approximate surface area is 243 Å². The van der Waals surface area contributed by atoms with Crippen LogP contribution < -0.4 is 21.3 Å². The van der Waals surface area contributed by atoms with E-state index in [0.29, 0.717) is 51.4 Å². The summed E-state index contributed by atoms with van der Waals surface area (Å²) < 4.78 is 0. The molecule has 0 aromatic carbocycles. The molecule has 4 fully saturated rings. The number of aliphatic carboxylic acids is 4. The Morgan fingerprint density at radius 1 is 0.459 bits per heavy atom. The van der Waals surface area contributed by atoms with E-state index < -0.39 is 48.0 Å². The minimum atomic E-state index is -0.944. The molecule has 17 heteroatoms. The van der Waals surface area contributed by atoms with Crippen LogP contribution in [0.4, 0.5) is 0 Å². The van der Waals surface area contributed by atoms with Crippen molar-refractivity contribution in [2.75, 3.05) is 0 Å². The van der Waals surface area contributed by atoms with Crippen LogP contribution in [0.5, 0.6) is 0 Å². The van der Waals surface area contributed by atoms with Gasteiger partial charge in [-0.25, -0.2) is 19.2 Å². The molecule has 0 bridgehead atoms. The molecule has 4 atom stereocenters. The largest absolute Gasteiger partial charge is 0.480 e. The molecule has 37 heavy (non-hydrogen) atoms. The van der Waals surface area contributed by atoms with Gasteiger partial charge in [-0.05, 0) is 25.7 Å². The summed E-state index contributed by atoms with van der Waals surface area (Å²) >= 11 is 0. The van der Waals surface area contributed by atoms with Gasteiger partial charge in [-0.15, -0.1) is 0 Å². The predicted molar refractivity (Wildman–Crippen MR) is 115 cm³/mol. The molecule has 4 amide bonds. The summed E-state index contributed by atoms with van der Waals surface area (Å²) in [6, 6.07) is -2.56. The zero-order valence-electron chi connectivity index (χ0n) is 19.5. The van der Waals surface area contributed by atoms with Gasteiger partial charge in [-0.2, -0.15) is 0 Å². The minimum absolute atomic E-state index is 0. The molecule has 0 unspecified atom stereocenters. The Bertz CT molecular complexity index is 768. The van der Waals surface area contributed by atoms with Crippen LogP contribution in [0, 0.1) is 41.7 Å². The molecule has 4 aliphatic heterocycles. The van der Waals surface area contributed by atoms with Gasteiger partial charge in [-0.1, -0.05) is 0 Å². The predicted octanol–water partition coefficient (Wildman–Crippen LogP) is -2.60. The van der Waals surface area contributed by atoms with Crippen LogP contribution in [-0.2, 0) is 38.4 Å². The molecule has 0 spiro atoms. The Morgan fingerprint density at radius 2 is 0.622 bits per heavy atom. The second kappa shape index (κ2) is 16.8. The average Bonchev–Trinajstić information content (AvgIpc) is 3.58. The van der Waals surface area contributed by atoms with Crippen molar-refractivity contribution in [3.05, 3.63) is 0 Å². The number of carbonyl (C=O) groups excluding carboxylic acids is 4. The second-order valence-corrected chi connectivity index (χ2v) is 7.99. The number of rotatable bonds is 4. The van der Waals surface area contributed by atoms with Gasteiger partial charge in [0.15, 0.2) is 0 Å². The van der Waals surface area contributed by atoms with Crippen molar-refractivity contribution in [3.63, 3.8) is 0 Å². The first-order chi connectivity index (χ1) is 16.8. The SMILES string of the molecule is O=C1CC[C@@H](C(=O)O)N1.O=C1CC[C@@H](C(=O)O)N1.O=C1CC[C@@H](C(=O)O)N1.O=C1CC[C@@H](C(=O)O)N1.[Ce]. The fourth-order valence-corrected chi connectivity index (χ4v) is 3.20. The first-order valence-corrected chi connectivity index (χ1v) is 10.9. The quantitative estimate of drug-likeness (QED) is 0.155. The van der Waals surface area contributed by atoms with Crippen LogP contribution in [-0.4, -0.2) is 92.1 Å². The van der Waals surface area contributed by atoms with E-state index in [1.165, 1.54) is 0 Å². The summed E-state index contributed by atoms with van der Waals surface area (Å²) in [5, 5.41) is 42.5. The zero-order chi connectivity index (χ0) is 27.4. The molecule has 0 radical (unpaired) electrons. The number of carboxylic acid groups (broad SMARTS) is 4. The fraction of sp³-hybridized carbons (Fsp3) is 0.600. The first kappa shape index (κ1) is 34.1. The van der Waals surface area contributed by atoms with E-state index in [0.717, 1.165) is 0 Å². The molecule has 0 aliphatic carbocycles. The van der Waals surface area contributed by atoms with Gasteiger partial charge in [0.25, 0.3) is 0 Å². The van der Waals surface area contributed by atoms with Gasteiger partial charge < -0.3 is 41.7 Å². The van der Waals surface area contributed by atoms with Crippen LogP contribution in [0.3, 0.4) is 0 Å². The van der Waals surface area contributed by atoms with Crippen molar-refractivity contribution in [2.24, 2.45) is 0 Å². The molecule has 204 valence electrons. The van der Waals surface area contributed by atoms with Crippen molar-refractivity contribution in [1.29, 1.82) is 0 Å². The summed E-state index contributed by atoms with van der Waals surface area (Å²) in [5.74, 6) is -4.43. The van der Waals surface area contributed by atoms with Crippen molar-refractivity contribution in [1.82, 2.24) is 21.3 Å². The van der Waals surface area contributed by atoms with E-state index in [1.54, 1.807) is 0 Å². The van der Waals surface area contributed by atoms with Crippen molar-refractivity contribution in [3.8, 4) is 0 Å². The third-order valence-corrected chi connectivity index (χ3v) is 5.17. The van der Waals surface area contributed by atoms with Crippen molar-refractivity contribution in [2.45, 2.75) is 75.5 Å². The third-order valence-electron chi connectivity index (χ3n) is 5.17. The number of carboxylic acids is 4. The molecule has 4 saturated heterocycles. The van der Waals surface area contributed by atoms with E-state index in [9.17, 15) is 38.4 Å². The smallest absolute Gasteiger partial charge is 0.326 e. The normalized spacial score (nSPS) is 25.1. The number of carbonyl (C=O) groups is 8. The minimum Gasteiger partial charge on any atom is -0.480 e. The molecule has 0 aromatic heterocycles. The van der Waals surface area contributed by atoms with Crippen LogP contribution in [0.25, 0.3) is 0 Å². The summed E-state index contributed by atoms with van der Waals surface area (Å²) in [6.07, 6.45) is 3.08. The van der Waals surface area contributed by atoms with Crippen molar-refractivity contribution < 1.29 is 101 Å².